The summed E-state index contributed by atoms with van der Waals surface area (Å²) in [6, 6.07) is 12.2. The molecule has 43 heavy (non-hydrogen) atoms. The molecule has 234 valence electrons. The normalized spacial score (nSPS) is 39.7. The molecule has 9 aliphatic rings. The molecular formula is C37H54N4O2. The Balaban J connectivity index is 1.09. The number of hydrogen-bond acceptors (Lipinski definition) is 6. The maximum absolute atomic E-state index is 6.59. The topological polar surface area (TPSA) is 68.3 Å². The van der Waals surface area contributed by atoms with Gasteiger partial charge in [-0.3, -0.25) is 0 Å². The molecule has 4 saturated carbocycles. The average Bonchev–Trinajstić information content (AvgIpc) is 3.37. The van der Waals surface area contributed by atoms with Gasteiger partial charge < -0.3 is 20.1 Å². The summed E-state index contributed by atoms with van der Waals surface area (Å²) < 4.78 is 12.7. The van der Waals surface area contributed by atoms with Crippen LogP contribution >= 0.6 is 0 Å². The SMILES string of the molecule is C[C@@H]1CCCOc2cccc(n2)NCCCNc2cccc(n2)O[C@H]2CC[C@@]3(C)[C@H](CC[C@@H]4[C@@H]3CC[C@]3(C)[C@@H]1CC[C@@H]43)C2. The lowest BCUT2D eigenvalue weighted by atomic mass is 9.44. The van der Waals surface area contributed by atoms with E-state index in [9.17, 15) is 0 Å². The van der Waals surface area contributed by atoms with Gasteiger partial charge in [0.1, 0.15) is 17.7 Å². The Morgan fingerprint density at radius 3 is 2.23 bits per heavy atom. The number of rotatable bonds is 0. The highest BCUT2D eigenvalue weighted by molar-refractivity contribution is 5.38. The quantitative estimate of drug-likeness (QED) is 0.322. The van der Waals surface area contributed by atoms with Gasteiger partial charge in [0, 0.05) is 25.2 Å². The van der Waals surface area contributed by atoms with Crippen LogP contribution in [0, 0.1) is 46.3 Å². The molecule has 12 bridgehead atoms. The zero-order valence-electron chi connectivity index (χ0n) is 26.8. The van der Waals surface area contributed by atoms with Crippen LogP contribution in [0.1, 0.15) is 97.8 Å². The maximum atomic E-state index is 6.59. The van der Waals surface area contributed by atoms with E-state index in [4.69, 9.17) is 19.4 Å². The van der Waals surface area contributed by atoms with E-state index in [-0.39, 0.29) is 6.10 Å². The van der Waals surface area contributed by atoms with E-state index in [0.717, 1.165) is 91.4 Å². The van der Waals surface area contributed by atoms with Crippen LogP contribution in [0.2, 0.25) is 0 Å². The highest BCUT2D eigenvalue weighted by Crippen LogP contribution is 2.68. The van der Waals surface area contributed by atoms with E-state index >= 15 is 0 Å². The first-order valence-corrected chi connectivity index (χ1v) is 17.6. The van der Waals surface area contributed by atoms with Gasteiger partial charge in [0.05, 0.1) is 6.61 Å². The van der Waals surface area contributed by atoms with Gasteiger partial charge in [-0.1, -0.05) is 32.9 Å². The second kappa shape index (κ2) is 12.1. The third-order valence-electron chi connectivity index (χ3n) is 13.1. The fourth-order valence-electron chi connectivity index (χ4n) is 10.9. The molecule has 0 saturated heterocycles. The molecule has 0 radical (unpaired) electrons. The van der Waals surface area contributed by atoms with Crippen LogP contribution in [-0.4, -0.2) is 35.8 Å². The van der Waals surface area contributed by atoms with Crippen molar-refractivity contribution in [3.8, 4) is 11.8 Å². The Morgan fingerprint density at radius 2 is 1.42 bits per heavy atom. The van der Waals surface area contributed by atoms with Gasteiger partial charge >= 0.3 is 0 Å². The predicted octanol–water partition coefficient (Wildman–Crippen LogP) is 8.61. The molecule has 0 spiro atoms. The molecule has 5 aliphatic heterocycles. The minimum Gasteiger partial charge on any atom is -0.478 e. The lowest BCUT2D eigenvalue weighted by Gasteiger charge is -2.61. The number of anilines is 2. The Kier molecular flexibility index (Phi) is 8.24. The van der Waals surface area contributed by atoms with Gasteiger partial charge in [-0.05, 0) is 136 Å². The molecule has 7 heterocycles. The Morgan fingerprint density at radius 1 is 0.721 bits per heavy atom. The van der Waals surface area contributed by atoms with Gasteiger partial charge in [-0.15, -0.1) is 0 Å². The van der Waals surface area contributed by atoms with Crippen molar-refractivity contribution in [3.63, 3.8) is 0 Å². The molecule has 0 amide bonds. The molecule has 2 aromatic rings. The highest BCUT2D eigenvalue weighted by Gasteiger charge is 2.60. The van der Waals surface area contributed by atoms with Crippen molar-refractivity contribution < 1.29 is 9.47 Å². The second-order valence-corrected chi connectivity index (χ2v) is 15.3. The number of nitrogens with one attached hydrogen (secondary N) is 2. The molecule has 2 N–H and O–H groups in total. The molecular weight excluding hydrogens is 532 g/mol. The molecule has 6 nitrogen and oxygen atoms in total. The number of hydrogen-bond donors (Lipinski definition) is 2. The number of nitrogens with zero attached hydrogens (tertiary/aromatic N) is 2. The third kappa shape index (κ3) is 5.73. The Labute approximate surface area is 259 Å². The van der Waals surface area contributed by atoms with Crippen LogP contribution in [-0.2, 0) is 0 Å². The summed E-state index contributed by atoms with van der Waals surface area (Å²) in [7, 11) is 0. The summed E-state index contributed by atoms with van der Waals surface area (Å²) in [4.78, 5) is 9.53. The minimum absolute atomic E-state index is 0.290. The van der Waals surface area contributed by atoms with Crippen LogP contribution in [0.25, 0.3) is 0 Å². The fourth-order valence-corrected chi connectivity index (χ4v) is 10.9. The standard InChI is InChI=1S/C37H54N4O2/c1-25-8-6-23-42-34-11-4-9-32(40-34)38-21-7-22-39-33-10-5-12-35(41-33)43-27-17-19-36(2)26(24-27)13-14-28-30-16-15-29(25)37(30,3)20-18-31(28)36/h4-5,9-12,25-31H,6-8,13-24H2,1-3H3,(H,38,40)(H,39,41)/t25-,26-,27+,28+,29-,30+,31+,36+,37-/m1/s1. The summed E-state index contributed by atoms with van der Waals surface area (Å²) in [6.45, 7) is 10.3. The predicted molar refractivity (Wildman–Crippen MR) is 174 cm³/mol. The maximum Gasteiger partial charge on any atom is 0.215 e. The largest absolute Gasteiger partial charge is 0.478 e. The van der Waals surface area contributed by atoms with Crippen molar-refractivity contribution in [2.24, 2.45) is 46.3 Å². The van der Waals surface area contributed by atoms with Gasteiger partial charge in [-0.25, -0.2) is 0 Å². The summed E-state index contributed by atoms with van der Waals surface area (Å²) in [5.74, 6) is 8.40. The van der Waals surface area contributed by atoms with Crippen molar-refractivity contribution in [2.45, 2.75) is 104 Å². The van der Waals surface area contributed by atoms with Crippen LogP contribution in [0.15, 0.2) is 36.4 Å². The van der Waals surface area contributed by atoms with E-state index in [0.29, 0.717) is 10.8 Å². The van der Waals surface area contributed by atoms with Crippen molar-refractivity contribution >= 4 is 11.6 Å². The molecule has 2 aromatic heterocycles. The first-order chi connectivity index (χ1) is 20.9. The van der Waals surface area contributed by atoms with Gasteiger partial charge in [0.15, 0.2) is 0 Å². The molecule has 4 fully saturated rings. The van der Waals surface area contributed by atoms with Gasteiger partial charge in [0.25, 0.3) is 0 Å². The molecule has 0 aromatic carbocycles. The lowest BCUT2D eigenvalue weighted by molar-refractivity contribution is -0.127. The first kappa shape index (κ1) is 29.2. The van der Waals surface area contributed by atoms with Crippen LogP contribution in [0.3, 0.4) is 0 Å². The van der Waals surface area contributed by atoms with Crippen LogP contribution in [0.5, 0.6) is 11.8 Å². The van der Waals surface area contributed by atoms with Gasteiger partial charge in [0.2, 0.25) is 11.8 Å². The van der Waals surface area contributed by atoms with Crippen molar-refractivity contribution in [1.82, 2.24) is 9.97 Å². The molecule has 9 atom stereocenters. The van der Waals surface area contributed by atoms with Crippen molar-refractivity contribution in [3.05, 3.63) is 36.4 Å². The number of pyridine rings is 2. The van der Waals surface area contributed by atoms with E-state index in [2.05, 4.69) is 37.5 Å². The average molecular weight is 587 g/mol. The molecule has 11 rings (SSSR count). The number of aromatic nitrogens is 2. The van der Waals surface area contributed by atoms with E-state index < -0.39 is 0 Å². The van der Waals surface area contributed by atoms with Crippen molar-refractivity contribution in [2.75, 3.05) is 30.3 Å². The van der Waals surface area contributed by atoms with Gasteiger partial charge in [-0.2, -0.15) is 9.97 Å². The smallest absolute Gasteiger partial charge is 0.215 e. The van der Waals surface area contributed by atoms with Crippen LogP contribution < -0.4 is 20.1 Å². The Bertz CT molecular complexity index is 1250. The zero-order valence-corrected chi connectivity index (χ0v) is 26.8. The van der Waals surface area contributed by atoms with Crippen LogP contribution in [0.4, 0.5) is 11.6 Å². The summed E-state index contributed by atoms with van der Waals surface area (Å²) >= 11 is 0. The summed E-state index contributed by atoms with van der Waals surface area (Å²) in [6.07, 6.45) is 15.9. The third-order valence-corrected chi connectivity index (χ3v) is 13.1. The molecule has 4 aliphatic carbocycles. The zero-order chi connectivity index (χ0) is 29.4. The van der Waals surface area contributed by atoms with Crippen molar-refractivity contribution in [1.29, 1.82) is 0 Å². The Hall–Kier alpha value is -2.50. The van der Waals surface area contributed by atoms with E-state index in [1.54, 1.807) is 0 Å². The second-order valence-electron chi connectivity index (χ2n) is 15.3. The summed E-state index contributed by atoms with van der Waals surface area (Å²) in [5, 5.41) is 6.94. The first-order valence-electron chi connectivity index (χ1n) is 17.6. The molecule has 6 heteroatoms. The highest BCUT2D eigenvalue weighted by atomic mass is 16.5. The fraction of sp³-hybridized carbons (Fsp3) is 0.730. The molecule has 0 unspecified atom stereocenters. The monoisotopic (exact) mass is 586 g/mol. The lowest BCUT2D eigenvalue weighted by Crippen LogP contribution is -2.54. The number of fused-ring (bicyclic) bond motifs is 1. The minimum atomic E-state index is 0.290. The van der Waals surface area contributed by atoms with E-state index in [1.807, 2.05) is 30.3 Å². The number of ether oxygens (including phenoxy) is 2. The summed E-state index contributed by atoms with van der Waals surface area (Å²) in [5.41, 5.74) is 0.995. The van der Waals surface area contributed by atoms with E-state index in [1.165, 1.54) is 64.2 Å².